The van der Waals surface area contributed by atoms with Crippen LogP contribution in [0.25, 0.3) is 32.7 Å². The van der Waals surface area contributed by atoms with Crippen molar-refractivity contribution < 1.29 is 21.8 Å². The van der Waals surface area contributed by atoms with E-state index in [1.807, 2.05) is 0 Å². The monoisotopic (exact) mass is 395 g/mol. The standard InChI is InChI=1S/C23H18N.BF4/c1-24-14-18-12-10-16-6-2-4-8-20(16)22(18)23-19(15-24)13-11-17-7-3-5-9-21(17)23;2-1(3,4)5/h2-14H,15H2,1H3;/q+1;-1. The predicted octanol–water partition coefficient (Wildman–Crippen LogP) is 6.53. The molecule has 1 aliphatic rings. The number of rotatable bonds is 0. The van der Waals surface area contributed by atoms with E-state index in [4.69, 9.17) is 0 Å². The van der Waals surface area contributed by atoms with Gasteiger partial charge in [-0.3, -0.25) is 0 Å². The Morgan fingerprint density at radius 1 is 0.690 bits per heavy atom. The van der Waals surface area contributed by atoms with Crippen molar-refractivity contribution in [2.24, 2.45) is 0 Å². The van der Waals surface area contributed by atoms with Crippen molar-refractivity contribution in [3.63, 3.8) is 0 Å². The minimum atomic E-state index is -6.00. The zero-order valence-corrected chi connectivity index (χ0v) is 15.7. The van der Waals surface area contributed by atoms with Crippen LogP contribution >= 0.6 is 0 Å². The normalized spacial score (nSPS) is 13.1. The van der Waals surface area contributed by atoms with Crippen molar-refractivity contribution in [2.75, 3.05) is 7.05 Å². The minimum Gasteiger partial charge on any atom is -0.418 e. The smallest absolute Gasteiger partial charge is 0.418 e. The molecule has 6 heteroatoms. The fourth-order valence-electron chi connectivity index (χ4n) is 3.97. The van der Waals surface area contributed by atoms with Crippen LogP contribution in [0.5, 0.6) is 0 Å². The number of hydrogen-bond donors (Lipinski definition) is 0. The second-order valence-corrected chi connectivity index (χ2v) is 7.11. The maximum absolute atomic E-state index is 9.75. The van der Waals surface area contributed by atoms with Crippen LogP contribution < -0.4 is 0 Å². The molecule has 0 amide bonds. The number of hydrogen-bond acceptors (Lipinski definition) is 0. The summed E-state index contributed by atoms with van der Waals surface area (Å²) in [7, 11) is -3.84. The number of benzene rings is 4. The Morgan fingerprint density at radius 3 is 1.83 bits per heavy atom. The molecule has 0 aromatic heterocycles. The van der Waals surface area contributed by atoms with E-state index < -0.39 is 7.25 Å². The molecule has 0 bridgehead atoms. The fourth-order valence-corrected chi connectivity index (χ4v) is 3.97. The third kappa shape index (κ3) is 4.02. The SMILES string of the molecule is C[N+]1=Cc2ccc3ccccc3c2-c2c(ccc3ccccc23)C1.F[B-](F)(F)F. The van der Waals surface area contributed by atoms with Gasteiger partial charge in [-0.2, -0.15) is 0 Å². The van der Waals surface area contributed by atoms with Crippen LogP contribution in [-0.4, -0.2) is 25.1 Å². The third-order valence-electron chi connectivity index (χ3n) is 5.01. The van der Waals surface area contributed by atoms with Gasteiger partial charge in [0.1, 0.15) is 7.05 Å². The van der Waals surface area contributed by atoms with Crippen LogP contribution in [0.15, 0.2) is 72.8 Å². The maximum Gasteiger partial charge on any atom is 0.673 e. The van der Waals surface area contributed by atoms with Gasteiger partial charge in [-0.05, 0) is 27.6 Å². The highest BCUT2D eigenvalue weighted by Crippen LogP contribution is 2.39. The lowest BCUT2D eigenvalue weighted by Gasteiger charge is -2.14. The van der Waals surface area contributed by atoms with E-state index in [1.165, 1.54) is 43.8 Å². The second kappa shape index (κ2) is 7.35. The summed E-state index contributed by atoms with van der Waals surface area (Å²) in [6, 6.07) is 26.5. The number of fused-ring (bicyclic) bond motifs is 7. The lowest BCUT2D eigenvalue weighted by atomic mass is 9.88. The van der Waals surface area contributed by atoms with Crippen LogP contribution in [0.3, 0.4) is 0 Å². The van der Waals surface area contributed by atoms with Crippen molar-refractivity contribution in [1.82, 2.24) is 0 Å². The average Bonchev–Trinajstić information content (AvgIpc) is 2.82. The van der Waals surface area contributed by atoms with Gasteiger partial charge in [-0.15, -0.1) is 0 Å². The topological polar surface area (TPSA) is 3.01 Å². The van der Waals surface area contributed by atoms with Gasteiger partial charge in [0.05, 0.1) is 0 Å². The van der Waals surface area contributed by atoms with E-state index in [-0.39, 0.29) is 0 Å². The van der Waals surface area contributed by atoms with E-state index in [9.17, 15) is 17.3 Å². The van der Waals surface area contributed by atoms with Crippen molar-refractivity contribution in [3.05, 3.63) is 83.9 Å². The van der Waals surface area contributed by atoms with Crippen molar-refractivity contribution in [3.8, 4) is 11.1 Å². The van der Waals surface area contributed by atoms with Gasteiger partial charge in [0, 0.05) is 22.3 Å². The predicted molar refractivity (Wildman–Crippen MR) is 112 cm³/mol. The first-order valence-electron chi connectivity index (χ1n) is 9.26. The van der Waals surface area contributed by atoms with Gasteiger partial charge in [0.2, 0.25) is 0 Å². The Labute approximate surface area is 166 Å². The van der Waals surface area contributed by atoms with Crippen molar-refractivity contribution in [2.45, 2.75) is 6.54 Å². The first-order valence-corrected chi connectivity index (χ1v) is 9.26. The molecule has 146 valence electrons. The van der Waals surface area contributed by atoms with Crippen LogP contribution in [-0.2, 0) is 6.54 Å². The summed E-state index contributed by atoms with van der Waals surface area (Å²) < 4.78 is 41.3. The average molecular weight is 395 g/mol. The molecule has 0 unspecified atom stereocenters. The summed E-state index contributed by atoms with van der Waals surface area (Å²) in [5.74, 6) is 0. The lowest BCUT2D eigenvalue weighted by molar-refractivity contribution is -0.508. The lowest BCUT2D eigenvalue weighted by Crippen LogP contribution is -2.05. The van der Waals surface area contributed by atoms with Gasteiger partial charge >= 0.3 is 7.25 Å². The molecular weight excluding hydrogens is 377 g/mol. The first kappa shape index (κ1) is 19.2. The first-order chi connectivity index (χ1) is 13.8. The molecule has 0 N–H and O–H groups in total. The Morgan fingerprint density at radius 2 is 1.21 bits per heavy atom. The molecule has 0 saturated heterocycles. The molecule has 1 aliphatic heterocycles. The fraction of sp³-hybridized carbons (Fsp3) is 0.0870. The molecule has 0 aliphatic carbocycles. The summed E-state index contributed by atoms with van der Waals surface area (Å²) in [5.41, 5.74) is 5.44. The zero-order valence-electron chi connectivity index (χ0n) is 15.7. The van der Waals surface area contributed by atoms with E-state index in [0.29, 0.717) is 0 Å². The van der Waals surface area contributed by atoms with Gasteiger partial charge in [-0.25, -0.2) is 4.58 Å². The van der Waals surface area contributed by atoms with Gasteiger partial charge in [0.15, 0.2) is 12.8 Å². The zero-order chi connectivity index (χ0) is 20.6. The number of halogens is 4. The Balaban J connectivity index is 0.000000369. The van der Waals surface area contributed by atoms with Crippen molar-refractivity contribution in [1.29, 1.82) is 0 Å². The van der Waals surface area contributed by atoms with Crippen LogP contribution in [0, 0.1) is 0 Å². The summed E-state index contributed by atoms with van der Waals surface area (Å²) in [5, 5.41) is 5.28. The summed E-state index contributed by atoms with van der Waals surface area (Å²) in [6.45, 7) is 0.934. The molecule has 0 atom stereocenters. The molecule has 0 fully saturated rings. The molecule has 4 aromatic carbocycles. The molecular formula is C23H18BF4N. The van der Waals surface area contributed by atoms with E-state index in [0.717, 1.165) is 6.54 Å². The van der Waals surface area contributed by atoms with Crippen LogP contribution in [0.4, 0.5) is 17.3 Å². The van der Waals surface area contributed by atoms with Crippen LogP contribution in [0.2, 0.25) is 0 Å². The van der Waals surface area contributed by atoms with E-state index in [1.54, 1.807) is 0 Å². The summed E-state index contributed by atoms with van der Waals surface area (Å²) >= 11 is 0. The second-order valence-electron chi connectivity index (χ2n) is 7.11. The van der Waals surface area contributed by atoms with E-state index >= 15 is 0 Å². The highest BCUT2D eigenvalue weighted by atomic mass is 19.5. The molecule has 0 saturated carbocycles. The molecule has 1 heterocycles. The third-order valence-corrected chi connectivity index (χ3v) is 5.01. The molecule has 0 spiro atoms. The Bertz CT molecular complexity index is 1240. The maximum atomic E-state index is 9.75. The van der Waals surface area contributed by atoms with Gasteiger partial charge in [-0.1, -0.05) is 66.7 Å². The molecule has 0 radical (unpaired) electrons. The van der Waals surface area contributed by atoms with Gasteiger partial charge < -0.3 is 17.3 Å². The molecule has 4 aromatic rings. The minimum absolute atomic E-state index is 0.934. The van der Waals surface area contributed by atoms with Crippen molar-refractivity contribution >= 4 is 35.0 Å². The highest BCUT2D eigenvalue weighted by molar-refractivity contribution is 6.50. The number of nitrogens with zero attached hydrogens (tertiary/aromatic N) is 1. The van der Waals surface area contributed by atoms with Crippen LogP contribution in [0.1, 0.15) is 11.1 Å². The quantitative estimate of drug-likeness (QED) is 0.181. The Kier molecular flexibility index (Phi) is 4.86. The van der Waals surface area contributed by atoms with Gasteiger partial charge in [0.25, 0.3) is 0 Å². The molecule has 29 heavy (non-hydrogen) atoms. The largest absolute Gasteiger partial charge is 0.673 e. The highest BCUT2D eigenvalue weighted by Gasteiger charge is 2.22. The summed E-state index contributed by atoms with van der Waals surface area (Å²) in [4.78, 5) is 0. The molecule has 1 nitrogen and oxygen atoms in total. The van der Waals surface area contributed by atoms with E-state index in [2.05, 4.69) is 90.6 Å². The summed E-state index contributed by atoms with van der Waals surface area (Å²) in [6.07, 6.45) is 2.27. The Hall–Kier alpha value is -3.15. The molecule has 5 rings (SSSR count).